The third-order valence-electron chi connectivity index (χ3n) is 5.11. The second-order valence-corrected chi connectivity index (χ2v) is 9.48. The zero-order chi connectivity index (χ0) is 19.9. The fraction of sp³-hybridized carbons (Fsp3) is 0.421. The van der Waals surface area contributed by atoms with E-state index in [4.69, 9.17) is 0 Å². The molecule has 1 saturated carbocycles. The molecule has 1 saturated heterocycles. The van der Waals surface area contributed by atoms with Crippen molar-refractivity contribution in [2.75, 3.05) is 23.9 Å². The average molecular weight is 403 g/mol. The Bertz CT molecular complexity index is 1020. The molecule has 1 aliphatic heterocycles. The van der Waals surface area contributed by atoms with Crippen LogP contribution in [0.5, 0.6) is 0 Å². The Hall–Kier alpha value is -2.68. The third-order valence-corrected chi connectivity index (χ3v) is 6.86. The van der Waals surface area contributed by atoms with Gasteiger partial charge in [-0.15, -0.1) is 0 Å². The number of carbonyl (C=O) groups is 2. The van der Waals surface area contributed by atoms with Gasteiger partial charge in [0.15, 0.2) is 15.5 Å². The summed E-state index contributed by atoms with van der Waals surface area (Å²) < 4.78 is 30.1. The van der Waals surface area contributed by atoms with Gasteiger partial charge in [-0.3, -0.25) is 9.48 Å². The highest BCUT2D eigenvalue weighted by Gasteiger charge is 2.36. The Balaban J connectivity index is 1.53. The van der Waals surface area contributed by atoms with Crippen LogP contribution in [0.4, 0.5) is 5.69 Å². The molecule has 1 aromatic heterocycles. The van der Waals surface area contributed by atoms with Crippen molar-refractivity contribution >= 4 is 27.4 Å². The number of nitrogens with zero attached hydrogens (tertiary/aromatic N) is 2. The molecule has 1 aromatic carbocycles. The molecule has 1 amide bonds. The van der Waals surface area contributed by atoms with Crippen LogP contribution in [0.1, 0.15) is 57.8 Å². The Morgan fingerprint density at radius 2 is 1.89 bits per heavy atom. The number of nitrogens with one attached hydrogen (secondary N) is 1. The van der Waals surface area contributed by atoms with Crippen LogP contribution in [0.3, 0.4) is 0 Å². The number of benzene rings is 1. The van der Waals surface area contributed by atoms with E-state index >= 15 is 0 Å². The maximum atomic E-state index is 12.6. The number of hydrogen-bond acceptors (Lipinski definition) is 6. The van der Waals surface area contributed by atoms with E-state index in [0.717, 1.165) is 18.5 Å². The van der Waals surface area contributed by atoms with Gasteiger partial charge in [-0.25, -0.2) is 13.2 Å². The lowest BCUT2D eigenvalue weighted by Crippen LogP contribution is -2.17. The Labute approximate surface area is 162 Å². The van der Waals surface area contributed by atoms with E-state index in [9.17, 15) is 18.0 Å². The highest BCUT2D eigenvalue weighted by atomic mass is 32.2. The number of esters is 1. The lowest BCUT2D eigenvalue weighted by molar-refractivity contribution is 0.0600. The lowest BCUT2D eigenvalue weighted by atomic mass is 10.2. The smallest absolute Gasteiger partial charge is 0.337 e. The van der Waals surface area contributed by atoms with Crippen LogP contribution in [-0.2, 0) is 14.6 Å². The summed E-state index contributed by atoms with van der Waals surface area (Å²) in [6.45, 7) is 0. The second kappa shape index (κ2) is 7.05. The van der Waals surface area contributed by atoms with Crippen molar-refractivity contribution in [1.82, 2.24) is 9.78 Å². The lowest BCUT2D eigenvalue weighted by Gasteiger charge is -2.12. The van der Waals surface area contributed by atoms with E-state index in [-0.39, 0.29) is 29.1 Å². The van der Waals surface area contributed by atoms with Gasteiger partial charge in [0.2, 0.25) is 0 Å². The van der Waals surface area contributed by atoms with Gasteiger partial charge in [-0.2, -0.15) is 5.10 Å². The number of ether oxygens (including phenoxy) is 1. The fourth-order valence-corrected chi connectivity index (χ4v) is 5.16. The van der Waals surface area contributed by atoms with E-state index < -0.39 is 15.8 Å². The molecule has 0 spiro atoms. The Kier molecular flexibility index (Phi) is 4.70. The molecule has 2 heterocycles. The first-order chi connectivity index (χ1) is 13.4. The van der Waals surface area contributed by atoms with Crippen LogP contribution in [0.2, 0.25) is 0 Å². The summed E-state index contributed by atoms with van der Waals surface area (Å²) in [7, 11) is -1.73. The minimum atomic E-state index is -3.04. The number of methoxy groups -OCH3 is 1. The first kappa shape index (κ1) is 18.7. The van der Waals surface area contributed by atoms with E-state index in [1.807, 2.05) is 0 Å². The highest BCUT2D eigenvalue weighted by Crippen LogP contribution is 2.42. The molecular weight excluding hydrogens is 382 g/mol. The standard InChI is InChI=1S/C19H21N3O5S/c1-27-19(24)13-4-6-14(7-5-13)20-18(23)16-10-17(12-2-3-12)22(21-16)15-8-9-28(25,26)11-15/h4-7,10,12,15H,2-3,8-9,11H2,1H3,(H,20,23). The van der Waals surface area contributed by atoms with Crippen LogP contribution >= 0.6 is 0 Å². The number of rotatable bonds is 5. The largest absolute Gasteiger partial charge is 0.465 e. The zero-order valence-electron chi connectivity index (χ0n) is 15.4. The van der Waals surface area contributed by atoms with Crippen molar-refractivity contribution in [3.8, 4) is 0 Å². The molecule has 2 fully saturated rings. The molecule has 0 bridgehead atoms. The van der Waals surface area contributed by atoms with Gasteiger partial charge < -0.3 is 10.1 Å². The van der Waals surface area contributed by atoms with Gasteiger partial charge in [-0.1, -0.05) is 0 Å². The molecule has 1 N–H and O–H groups in total. The molecule has 1 atom stereocenters. The molecule has 9 heteroatoms. The van der Waals surface area contributed by atoms with Gasteiger partial charge in [0.05, 0.1) is 30.2 Å². The first-order valence-corrected chi connectivity index (χ1v) is 11.0. The van der Waals surface area contributed by atoms with Crippen LogP contribution in [-0.4, -0.2) is 48.7 Å². The zero-order valence-corrected chi connectivity index (χ0v) is 16.2. The van der Waals surface area contributed by atoms with Gasteiger partial charge in [-0.05, 0) is 49.6 Å². The summed E-state index contributed by atoms with van der Waals surface area (Å²) in [6.07, 6.45) is 2.59. The van der Waals surface area contributed by atoms with Gasteiger partial charge in [0.25, 0.3) is 5.91 Å². The Morgan fingerprint density at radius 1 is 1.18 bits per heavy atom. The van der Waals surface area contributed by atoms with Gasteiger partial charge >= 0.3 is 5.97 Å². The molecule has 148 valence electrons. The molecule has 8 nitrogen and oxygen atoms in total. The third kappa shape index (κ3) is 3.80. The van der Waals surface area contributed by atoms with Crippen molar-refractivity contribution in [2.45, 2.75) is 31.2 Å². The summed E-state index contributed by atoms with van der Waals surface area (Å²) in [5, 5.41) is 7.20. The molecular formula is C19H21N3O5S. The highest BCUT2D eigenvalue weighted by molar-refractivity contribution is 7.91. The monoisotopic (exact) mass is 403 g/mol. The topological polar surface area (TPSA) is 107 Å². The predicted octanol–water partition coefficient (Wildman–Crippen LogP) is 2.16. The SMILES string of the molecule is COC(=O)c1ccc(NC(=O)c2cc(C3CC3)n(C3CCS(=O)(=O)C3)n2)cc1. The van der Waals surface area contributed by atoms with Crippen LogP contribution in [0.25, 0.3) is 0 Å². The Morgan fingerprint density at radius 3 is 2.46 bits per heavy atom. The van der Waals surface area contributed by atoms with E-state index in [1.165, 1.54) is 7.11 Å². The molecule has 28 heavy (non-hydrogen) atoms. The molecule has 2 aromatic rings. The van der Waals surface area contributed by atoms with E-state index in [1.54, 1.807) is 35.0 Å². The average Bonchev–Trinajstić information content (AvgIpc) is 3.32. The molecule has 0 radical (unpaired) electrons. The quantitative estimate of drug-likeness (QED) is 0.767. The van der Waals surface area contributed by atoms with Crippen molar-refractivity contribution < 1.29 is 22.7 Å². The van der Waals surface area contributed by atoms with Gasteiger partial charge in [0.1, 0.15) is 0 Å². The normalized spacial score (nSPS) is 20.7. The van der Waals surface area contributed by atoms with Crippen molar-refractivity contribution in [3.63, 3.8) is 0 Å². The molecule has 4 rings (SSSR count). The van der Waals surface area contributed by atoms with Crippen molar-refractivity contribution in [1.29, 1.82) is 0 Å². The predicted molar refractivity (Wildman–Crippen MR) is 102 cm³/mol. The second-order valence-electron chi connectivity index (χ2n) is 7.25. The summed E-state index contributed by atoms with van der Waals surface area (Å²) in [5.41, 5.74) is 2.13. The number of hydrogen-bond donors (Lipinski definition) is 1. The van der Waals surface area contributed by atoms with Crippen LogP contribution < -0.4 is 5.32 Å². The minimum absolute atomic E-state index is 0.0739. The van der Waals surface area contributed by atoms with Crippen molar-refractivity contribution in [2.24, 2.45) is 0 Å². The van der Waals surface area contributed by atoms with Crippen molar-refractivity contribution in [3.05, 3.63) is 47.3 Å². The first-order valence-electron chi connectivity index (χ1n) is 9.16. The summed E-state index contributed by atoms with van der Waals surface area (Å²) in [6, 6.07) is 7.93. The number of aromatic nitrogens is 2. The summed E-state index contributed by atoms with van der Waals surface area (Å²) in [5.74, 6) is -0.235. The minimum Gasteiger partial charge on any atom is -0.465 e. The molecule has 1 unspecified atom stereocenters. The number of amides is 1. The number of anilines is 1. The summed E-state index contributed by atoms with van der Waals surface area (Å²) in [4.78, 5) is 24.1. The fourth-order valence-electron chi connectivity index (χ4n) is 3.47. The van der Waals surface area contributed by atoms with Gasteiger partial charge in [0, 0.05) is 17.3 Å². The number of carbonyl (C=O) groups excluding carboxylic acids is 2. The van der Waals surface area contributed by atoms with E-state index in [0.29, 0.717) is 23.6 Å². The number of sulfone groups is 1. The van der Waals surface area contributed by atoms with Crippen LogP contribution in [0.15, 0.2) is 30.3 Å². The molecule has 2 aliphatic rings. The summed E-state index contributed by atoms with van der Waals surface area (Å²) >= 11 is 0. The van der Waals surface area contributed by atoms with E-state index in [2.05, 4.69) is 15.2 Å². The molecule has 1 aliphatic carbocycles. The van der Waals surface area contributed by atoms with Crippen LogP contribution in [0, 0.1) is 0 Å². The maximum absolute atomic E-state index is 12.6. The maximum Gasteiger partial charge on any atom is 0.337 e.